The molecule has 0 spiro atoms. The predicted octanol–water partition coefficient (Wildman–Crippen LogP) is 3.04. The Morgan fingerprint density at radius 2 is 1.00 bits per heavy atom. The maximum absolute atomic E-state index is 1.83. The molecule has 0 heteroatoms. The quantitative estimate of drug-likeness (QED) is 0.433. The van der Waals surface area contributed by atoms with Crippen LogP contribution in [0.5, 0.6) is 0 Å². The lowest BCUT2D eigenvalue weighted by Crippen LogP contribution is -1.92. The van der Waals surface area contributed by atoms with Gasteiger partial charge in [0, 0.05) is 0 Å². The van der Waals surface area contributed by atoms with Crippen molar-refractivity contribution in [3.05, 3.63) is 11.1 Å². The molecule has 0 nitrogen and oxygen atoms in total. The van der Waals surface area contributed by atoms with E-state index in [1.54, 1.807) is 0 Å². The van der Waals surface area contributed by atoms with E-state index in [1.807, 2.05) is 11.1 Å². The first-order valence-corrected chi connectivity index (χ1v) is 4.16. The Morgan fingerprint density at radius 3 is 1.56 bits per heavy atom. The smallest absolute Gasteiger partial charge is 0.0315 e. The highest BCUT2D eigenvalue weighted by molar-refractivity contribution is 5.21. The van der Waals surface area contributed by atoms with Crippen molar-refractivity contribution >= 4 is 0 Å². The molecule has 0 atom stereocenters. The molecule has 0 bridgehead atoms. The van der Waals surface area contributed by atoms with Crippen molar-refractivity contribution in [2.75, 3.05) is 0 Å². The maximum atomic E-state index is 1.83. The Morgan fingerprint density at radius 1 is 0.556 bits per heavy atom. The molecule has 0 aliphatic heterocycles. The number of hydrogen-bond donors (Lipinski definition) is 0. The lowest BCUT2D eigenvalue weighted by atomic mass is 9.94. The lowest BCUT2D eigenvalue weighted by Gasteiger charge is -2.12. The number of allylic oxidation sites excluding steroid dienone is 2. The molecular weight excluding hydrogens is 108 g/mol. The molecule has 0 heterocycles. The van der Waals surface area contributed by atoms with Crippen molar-refractivity contribution in [1.29, 1.82) is 0 Å². The molecule has 0 aromatic carbocycles. The van der Waals surface area contributed by atoms with E-state index in [2.05, 4.69) is 0 Å². The van der Waals surface area contributed by atoms with Crippen LogP contribution in [0.25, 0.3) is 0 Å². The fraction of sp³-hybridized carbons (Fsp3) is 0.778. The van der Waals surface area contributed by atoms with Crippen LogP contribution in [-0.2, 0) is 0 Å². The van der Waals surface area contributed by atoms with Crippen molar-refractivity contribution in [2.45, 2.75) is 44.9 Å². The van der Waals surface area contributed by atoms with Gasteiger partial charge in [0.15, 0.2) is 0 Å². The van der Waals surface area contributed by atoms with Crippen molar-refractivity contribution in [2.24, 2.45) is 0 Å². The van der Waals surface area contributed by atoms with Crippen molar-refractivity contribution in [3.8, 4) is 0 Å². The van der Waals surface area contributed by atoms with Gasteiger partial charge in [-0.1, -0.05) is 11.1 Å². The molecule has 0 N–H and O–H groups in total. The van der Waals surface area contributed by atoms with Crippen LogP contribution in [0.15, 0.2) is 11.1 Å². The van der Waals surface area contributed by atoms with Crippen molar-refractivity contribution in [1.82, 2.24) is 0 Å². The molecular formula is C9H14. The van der Waals surface area contributed by atoms with Crippen LogP contribution >= 0.6 is 0 Å². The molecule has 0 saturated heterocycles. The van der Waals surface area contributed by atoms with Gasteiger partial charge in [-0.05, 0) is 44.9 Å². The van der Waals surface area contributed by atoms with Crippen LogP contribution < -0.4 is 0 Å². The third-order valence-electron chi connectivity index (χ3n) is 2.66. The van der Waals surface area contributed by atoms with Gasteiger partial charge in [-0.25, -0.2) is 0 Å². The molecule has 50 valence electrons. The predicted molar refractivity (Wildman–Crippen MR) is 39.3 cm³/mol. The van der Waals surface area contributed by atoms with E-state index in [-0.39, 0.29) is 0 Å². The zero-order valence-corrected chi connectivity index (χ0v) is 5.95. The second-order valence-corrected chi connectivity index (χ2v) is 3.27. The largest absolute Gasteiger partial charge is 0.0710 e. The maximum Gasteiger partial charge on any atom is -0.0315 e. The minimum Gasteiger partial charge on any atom is -0.0710 e. The zero-order chi connectivity index (χ0) is 6.10. The summed E-state index contributed by atoms with van der Waals surface area (Å²) in [5, 5.41) is 0. The van der Waals surface area contributed by atoms with E-state index < -0.39 is 0 Å². The minimum atomic E-state index is 1.44. The Hall–Kier alpha value is -0.260. The molecule has 0 amide bonds. The van der Waals surface area contributed by atoms with Crippen LogP contribution in [0.3, 0.4) is 0 Å². The summed E-state index contributed by atoms with van der Waals surface area (Å²) >= 11 is 0. The van der Waals surface area contributed by atoms with Gasteiger partial charge in [0.2, 0.25) is 0 Å². The SMILES string of the molecule is C1CCC2=C(C1)CCC2. The molecule has 2 aliphatic carbocycles. The summed E-state index contributed by atoms with van der Waals surface area (Å²) in [6, 6.07) is 0. The topological polar surface area (TPSA) is 0 Å². The average Bonchev–Trinajstić information content (AvgIpc) is 2.33. The fourth-order valence-electron chi connectivity index (χ4n) is 2.15. The highest BCUT2D eigenvalue weighted by atomic mass is 14.2. The fourth-order valence-corrected chi connectivity index (χ4v) is 2.15. The van der Waals surface area contributed by atoms with E-state index in [1.165, 1.54) is 44.9 Å². The Kier molecular flexibility index (Phi) is 1.33. The third kappa shape index (κ3) is 0.910. The van der Waals surface area contributed by atoms with E-state index in [4.69, 9.17) is 0 Å². The highest BCUT2D eigenvalue weighted by Crippen LogP contribution is 2.36. The Bertz CT molecular complexity index is 126. The summed E-state index contributed by atoms with van der Waals surface area (Å²) in [6.07, 6.45) is 10.2. The second kappa shape index (κ2) is 2.17. The molecule has 2 aliphatic rings. The molecule has 2 rings (SSSR count). The third-order valence-corrected chi connectivity index (χ3v) is 2.66. The summed E-state index contributed by atoms with van der Waals surface area (Å²) in [5.41, 5.74) is 3.67. The van der Waals surface area contributed by atoms with E-state index >= 15 is 0 Å². The monoisotopic (exact) mass is 122 g/mol. The summed E-state index contributed by atoms with van der Waals surface area (Å²) in [7, 11) is 0. The van der Waals surface area contributed by atoms with Crippen molar-refractivity contribution < 1.29 is 0 Å². The molecule has 0 aromatic heterocycles. The summed E-state index contributed by atoms with van der Waals surface area (Å²) in [6.45, 7) is 0. The summed E-state index contributed by atoms with van der Waals surface area (Å²) in [5.74, 6) is 0. The normalized spacial score (nSPS) is 26.7. The first-order valence-electron chi connectivity index (χ1n) is 4.16. The van der Waals surface area contributed by atoms with Crippen LogP contribution in [0.4, 0.5) is 0 Å². The van der Waals surface area contributed by atoms with Gasteiger partial charge in [-0.2, -0.15) is 0 Å². The second-order valence-electron chi connectivity index (χ2n) is 3.27. The van der Waals surface area contributed by atoms with Gasteiger partial charge in [-0.3, -0.25) is 0 Å². The lowest BCUT2D eigenvalue weighted by molar-refractivity contribution is 0.672. The first-order chi connectivity index (χ1) is 4.47. The van der Waals surface area contributed by atoms with Gasteiger partial charge in [0.25, 0.3) is 0 Å². The number of rotatable bonds is 0. The van der Waals surface area contributed by atoms with Crippen molar-refractivity contribution in [3.63, 3.8) is 0 Å². The van der Waals surface area contributed by atoms with E-state index in [9.17, 15) is 0 Å². The first kappa shape index (κ1) is 5.52. The highest BCUT2D eigenvalue weighted by Gasteiger charge is 2.16. The van der Waals surface area contributed by atoms with Gasteiger partial charge in [-0.15, -0.1) is 0 Å². The van der Waals surface area contributed by atoms with Gasteiger partial charge >= 0.3 is 0 Å². The standard InChI is InChI=1S/C9H14/c1-2-5-9-7-3-6-8(9)4-1/h1-7H2. The molecule has 9 heavy (non-hydrogen) atoms. The molecule has 0 saturated carbocycles. The van der Waals surface area contributed by atoms with Gasteiger partial charge in [0.05, 0.1) is 0 Å². The molecule has 0 unspecified atom stereocenters. The molecule has 0 aromatic rings. The average molecular weight is 122 g/mol. The summed E-state index contributed by atoms with van der Waals surface area (Å²) < 4.78 is 0. The van der Waals surface area contributed by atoms with Gasteiger partial charge < -0.3 is 0 Å². The Labute approximate surface area is 57.0 Å². The molecule has 0 radical (unpaired) electrons. The van der Waals surface area contributed by atoms with Crippen LogP contribution in [0.2, 0.25) is 0 Å². The molecule has 0 fully saturated rings. The minimum absolute atomic E-state index is 1.44. The number of hydrogen-bond acceptors (Lipinski definition) is 0. The van der Waals surface area contributed by atoms with Gasteiger partial charge in [0.1, 0.15) is 0 Å². The Balaban J connectivity index is 2.17. The van der Waals surface area contributed by atoms with E-state index in [0.29, 0.717) is 0 Å². The van der Waals surface area contributed by atoms with Crippen LogP contribution in [0.1, 0.15) is 44.9 Å². The van der Waals surface area contributed by atoms with Crippen LogP contribution in [0, 0.1) is 0 Å². The summed E-state index contributed by atoms with van der Waals surface area (Å²) in [4.78, 5) is 0. The van der Waals surface area contributed by atoms with Crippen LogP contribution in [-0.4, -0.2) is 0 Å². The zero-order valence-electron chi connectivity index (χ0n) is 5.95. The van der Waals surface area contributed by atoms with E-state index in [0.717, 1.165) is 0 Å².